The zero-order valence-electron chi connectivity index (χ0n) is 21.6. The van der Waals surface area contributed by atoms with Crippen molar-refractivity contribution in [1.82, 2.24) is 20.5 Å². The molecule has 1 saturated carbocycles. The summed E-state index contributed by atoms with van der Waals surface area (Å²) in [5, 5.41) is 14.4. The summed E-state index contributed by atoms with van der Waals surface area (Å²) in [7, 11) is 0. The van der Waals surface area contributed by atoms with Gasteiger partial charge in [0.05, 0.1) is 22.7 Å². The van der Waals surface area contributed by atoms with Crippen molar-refractivity contribution in [3.8, 4) is 0 Å². The van der Waals surface area contributed by atoms with Crippen LogP contribution in [0.5, 0.6) is 0 Å². The highest BCUT2D eigenvalue weighted by molar-refractivity contribution is 5.84. The van der Waals surface area contributed by atoms with Crippen molar-refractivity contribution >= 4 is 18.1 Å². The summed E-state index contributed by atoms with van der Waals surface area (Å²) < 4.78 is 45.4. The number of alkyl carbamates (subject to hydrolysis) is 1. The van der Waals surface area contributed by atoms with Gasteiger partial charge in [-0.1, -0.05) is 44.2 Å². The summed E-state index contributed by atoms with van der Waals surface area (Å²) in [4.78, 5) is 43.2. The first-order valence-electron chi connectivity index (χ1n) is 12.7. The molecule has 9 nitrogen and oxygen atoms in total. The van der Waals surface area contributed by atoms with Gasteiger partial charge in [-0.15, -0.1) is 0 Å². The lowest BCUT2D eigenvalue weighted by Crippen LogP contribution is -2.51. The molecule has 12 heteroatoms. The fourth-order valence-corrected chi connectivity index (χ4v) is 5.52. The average Bonchev–Trinajstić information content (AvgIpc) is 3.31. The number of carboxylic acid groups (broad SMARTS) is 1. The van der Waals surface area contributed by atoms with Crippen LogP contribution in [-0.4, -0.2) is 45.7 Å². The van der Waals surface area contributed by atoms with Crippen molar-refractivity contribution in [2.45, 2.75) is 64.5 Å². The minimum Gasteiger partial charge on any atom is -0.465 e. The lowest BCUT2D eigenvalue weighted by molar-refractivity contribution is -0.146. The van der Waals surface area contributed by atoms with E-state index in [1.54, 1.807) is 0 Å². The van der Waals surface area contributed by atoms with Crippen LogP contribution in [0.2, 0.25) is 0 Å². The van der Waals surface area contributed by atoms with E-state index in [0.717, 1.165) is 11.6 Å². The number of aromatic nitrogens is 1. The standard InChI is InChI=1S/C27H31F3N4O5/c1-16(2)26(9-8-20(11-26)32-25(38)39-15-17-6-4-3-5-7-17)23(35)34-13-18-10-19(27(28,29)30)12-31-22(18)21(14-34)33-24(36)37/h3-7,10,12,16,20-21,33H,8-9,11,13-15H2,1-2H3,(H,32,38)(H,36,37)/t20-,21-,26+/m1/s1. The molecule has 1 aromatic carbocycles. The summed E-state index contributed by atoms with van der Waals surface area (Å²) in [6.07, 6.45) is -4.64. The van der Waals surface area contributed by atoms with E-state index in [9.17, 15) is 32.7 Å². The highest BCUT2D eigenvalue weighted by Gasteiger charge is 2.50. The van der Waals surface area contributed by atoms with Crippen molar-refractivity contribution in [3.05, 3.63) is 65.0 Å². The largest absolute Gasteiger partial charge is 0.465 e. The molecule has 1 aliphatic carbocycles. The first-order chi connectivity index (χ1) is 18.4. The van der Waals surface area contributed by atoms with E-state index in [0.29, 0.717) is 25.5 Å². The molecule has 2 heterocycles. The Morgan fingerprint density at radius 2 is 1.92 bits per heavy atom. The first-order valence-corrected chi connectivity index (χ1v) is 12.7. The van der Waals surface area contributed by atoms with Crippen LogP contribution in [0.25, 0.3) is 0 Å². The van der Waals surface area contributed by atoms with Crippen LogP contribution in [0.15, 0.2) is 42.6 Å². The van der Waals surface area contributed by atoms with E-state index in [2.05, 4.69) is 15.6 Å². The molecule has 0 spiro atoms. The third-order valence-electron chi connectivity index (χ3n) is 7.62. The Hall–Kier alpha value is -3.83. The number of halogens is 3. The molecule has 0 bridgehead atoms. The number of alkyl halides is 3. The zero-order valence-corrected chi connectivity index (χ0v) is 21.6. The maximum Gasteiger partial charge on any atom is 0.417 e. The van der Waals surface area contributed by atoms with Gasteiger partial charge >= 0.3 is 18.4 Å². The Balaban J connectivity index is 1.50. The number of carbonyl (C=O) groups is 3. The topological polar surface area (TPSA) is 121 Å². The lowest BCUT2D eigenvalue weighted by atomic mass is 9.73. The van der Waals surface area contributed by atoms with Crippen LogP contribution in [-0.2, 0) is 28.9 Å². The Kier molecular flexibility index (Phi) is 8.03. The number of fused-ring (bicyclic) bond motifs is 1. The monoisotopic (exact) mass is 548 g/mol. The van der Waals surface area contributed by atoms with Crippen LogP contribution >= 0.6 is 0 Å². The van der Waals surface area contributed by atoms with Crippen molar-refractivity contribution in [1.29, 1.82) is 0 Å². The molecule has 4 rings (SSSR count). The molecule has 0 radical (unpaired) electrons. The van der Waals surface area contributed by atoms with Gasteiger partial charge in [-0.25, -0.2) is 9.59 Å². The number of nitrogens with one attached hydrogen (secondary N) is 2. The molecule has 39 heavy (non-hydrogen) atoms. The Morgan fingerprint density at radius 3 is 2.56 bits per heavy atom. The maximum absolute atomic E-state index is 14.0. The fraction of sp³-hybridized carbons (Fsp3) is 0.481. The van der Waals surface area contributed by atoms with Gasteiger partial charge in [0.2, 0.25) is 5.91 Å². The number of carbonyl (C=O) groups excluding carboxylic acids is 2. The van der Waals surface area contributed by atoms with Gasteiger partial charge in [0.25, 0.3) is 0 Å². The van der Waals surface area contributed by atoms with Gasteiger partial charge in [-0.2, -0.15) is 13.2 Å². The van der Waals surface area contributed by atoms with Gasteiger partial charge in [-0.05, 0) is 42.4 Å². The van der Waals surface area contributed by atoms with Crippen molar-refractivity contribution in [2.24, 2.45) is 11.3 Å². The summed E-state index contributed by atoms with van der Waals surface area (Å²) in [5.74, 6) is -0.441. The normalized spacial score (nSPS) is 22.8. The second kappa shape index (κ2) is 11.1. The molecule has 0 saturated heterocycles. The highest BCUT2D eigenvalue weighted by atomic mass is 19.4. The second-order valence-corrected chi connectivity index (χ2v) is 10.4. The number of nitrogens with zero attached hydrogens (tertiary/aromatic N) is 2. The third kappa shape index (κ3) is 6.26. The van der Waals surface area contributed by atoms with Crippen molar-refractivity contribution in [3.63, 3.8) is 0 Å². The highest BCUT2D eigenvalue weighted by Crippen LogP contribution is 2.47. The number of pyridine rings is 1. The molecule has 2 aromatic rings. The van der Waals surface area contributed by atoms with E-state index in [1.165, 1.54) is 4.90 Å². The van der Waals surface area contributed by atoms with Crippen LogP contribution in [0.3, 0.4) is 0 Å². The minimum atomic E-state index is -4.64. The van der Waals surface area contributed by atoms with Crippen LogP contribution < -0.4 is 10.6 Å². The maximum atomic E-state index is 14.0. The molecule has 1 aliphatic heterocycles. The molecule has 3 atom stereocenters. The molecule has 1 aromatic heterocycles. The summed E-state index contributed by atoms with van der Waals surface area (Å²) in [6, 6.07) is 8.81. The SMILES string of the molecule is CC(C)[C@]1(C(=O)N2Cc3cc(C(F)(F)F)cnc3[C@H](NC(=O)O)C2)CC[C@@H](NC(=O)OCc2ccccc2)C1. The molecular weight excluding hydrogens is 517 g/mol. The van der Waals surface area contributed by atoms with E-state index in [-0.39, 0.29) is 48.8 Å². The predicted molar refractivity (Wildman–Crippen MR) is 133 cm³/mol. The fourth-order valence-electron chi connectivity index (χ4n) is 5.52. The van der Waals surface area contributed by atoms with Crippen molar-refractivity contribution < 1.29 is 37.4 Å². The molecule has 3 N–H and O–H groups in total. The van der Waals surface area contributed by atoms with Crippen LogP contribution in [0.1, 0.15) is 61.5 Å². The molecule has 2 aliphatic rings. The molecule has 0 unspecified atom stereocenters. The summed E-state index contributed by atoms with van der Waals surface area (Å²) in [5.41, 5.74) is -0.719. The van der Waals surface area contributed by atoms with Crippen LogP contribution in [0, 0.1) is 11.3 Å². The van der Waals surface area contributed by atoms with Crippen LogP contribution in [0.4, 0.5) is 22.8 Å². The lowest BCUT2D eigenvalue weighted by Gasteiger charge is -2.41. The number of ether oxygens (including phenoxy) is 1. The Bertz CT molecular complexity index is 1220. The molecule has 210 valence electrons. The number of hydrogen-bond acceptors (Lipinski definition) is 5. The van der Waals surface area contributed by atoms with Gasteiger partial charge < -0.3 is 25.4 Å². The van der Waals surface area contributed by atoms with Gasteiger partial charge in [0.1, 0.15) is 6.61 Å². The Labute approximate surface area is 223 Å². The second-order valence-electron chi connectivity index (χ2n) is 10.4. The van der Waals surface area contributed by atoms with E-state index in [1.807, 2.05) is 44.2 Å². The third-order valence-corrected chi connectivity index (χ3v) is 7.62. The van der Waals surface area contributed by atoms with E-state index >= 15 is 0 Å². The zero-order chi connectivity index (χ0) is 28.4. The predicted octanol–water partition coefficient (Wildman–Crippen LogP) is 4.87. The minimum absolute atomic E-state index is 0.0673. The molecular formula is C27H31F3N4O5. The number of rotatable bonds is 6. The smallest absolute Gasteiger partial charge is 0.417 e. The Morgan fingerprint density at radius 1 is 1.21 bits per heavy atom. The number of amides is 3. The number of hydrogen-bond donors (Lipinski definition) is 3. The van der Waals surface area contributed by atoms with E-state index < -0.39 is 35.4 Å². The summed E-state index contributed by atoms with van der Waals surface area (Å²) >= 11 is 0. The molecule has 3 amide bonds. The van der Waals surface area contributed by atoms with Gasteiger partial charge in [0.15, 0.2) is 0 Å². The van der Waals surface area contributed by atoms with Gasteiger partial charge in [0, 0.05) is 25.3 Å². The molecule has 1 fully saturated rings. The summed E-state index contributed by atoms with van der Waals surface area (Å²) in [6.45, 7) is 3.69. The first kappa shape index (κ1) is 28.2. The average molecular weight is 549 g/mol. The number of benzene rings is 1. The quantitative estimate of drug-likeness (QED) is 0.474. The van der Waals surface area contributed by atoms with Crippen molar-refractivity contribution in [2.75, 3.05) is 6.54 Å². The van der Waals surface area contributed by atoms with E-state index in [4.69, 9.17) is 4.74 Å². The van der Waals surface area contributed by atoms with Gasteiger partial charge in [-0.3, -0.25) is 9.78 Å².